The molecule has 1 unspecified atom stereocenters. The van der Waals surface area contributed by atoms with Crippen molar-refractivity contribution in [2.24, 2.45) is 0 Å². The summed E-state index contributed by atoms with van der Waals surface area (Å²) < 4.78 is 13.7. The second-order valence-corrected chi connectivity index (χ2v) is 5.44. The second kappa shape index (κ2) is 5.03. The van der Waals surface area contributed by atoms with Crippen molar-refractivity contribution in [1.29, 1.82) is 0 Å². The van der Waals surface area contributed by atoms with Crippen molar-refractivity contribution in [3.63, 3.8) is 0 Å². The lowest BCUT2D eigenvalue weighted by Gasteiger charge is -2.20. The van der Waals surface area contributed by atoms with Gasteiger partial charge in [0.25, 0.3) is 5.91 Å². The van der Waals surface area contributed by atoms with Gasteiger partial charge < -0.3 is 10.4 Å². The molecule has 0 fully saturated rings. The third-order valence-electron chi connectivity index (χ3n) is 3.84. The Hall–Kier alpha value is -2.53. The highest BCUT2D eigenvalue weighted by Crippen LogP contribution is 2.39. The van der Waals surface area contributed by atoms with Crippen LogP contribution in [0.25, 0.3) is 0 Å². The number of ketones is 1. The maximum atomic E-state index is 13.7. The number of rotatable bonds is 3. The highest BCUT2D eigenvalue weighted by atomic mass is 19.1. The van der Waals surface area contributed by atoms with Crippen LogP contribution < -0.4 is 5.32 Å². The van der Waals surface area contributed by atoms with Gasteiger partial charge in [-0.25, -0.2) is 4.39 Å². The summed E-state index contributed by atoms with van der Waals surface area (Å²) in [5, 5.41) is 13.3. The van der Waals surface area contributed by atoms with Gasteiger partial charge in [0.2, 0.25) is 0 Å². The maximum absolute atomic E-state index is 13.7. The number of amides is 1. The van der Waals surface area contributed by atoms with E-state index < -0.39 is 29.5 Å². The molecular weight excluding hydrogens is 285 g/mol. The third-order valence-corrected chi connectivity index (χ3v) is 3.84. The molecule has 2 N–H and O–H groups in total. The van der Waals surface area contributed by atoms with Crippen molar-refractivity contribution in [3.05, 3.63) is 65.0 Å². The number of halogens is 1. The number of hydrogen-bond donors (Lipinski definition) is 2. The van der Waals surface area contributed by atoms with E-state index in [1.807, 2.05) is 6.92 Å². The van der Waals surface area contributed by atoms with E-state index in [1.165, 1.54) is 24.3 Å². The number of Topliss-reactive ketones (excluding diaryl/α,β-unsaturated/α-hetero) is 1. The van der Waals surface area contributed by atoms with Gasteiger partial charge in [-0.3, -0.25) is 9.59 Å². The smallest absolute Gasteiger partial charge is 0.261 e. The Labute approximate surface area is 126 Å². The Morgan fingerprint density at radius 1 is 1.27 bits per heavy atom. The largest absolute Gasteiger partial charge is 0.375 e. The van der Waals surface area contributed by atoms with Crippen molar-refractivity contribution < 1.29 is 19.1 Å². The molecule has 0 radical (unpaired) electrons. The van der Waals surface area contributed by atoms with Crippen molar-refractivity contribution >= 4 is 17.4 Å². The van der Waals surface area contributed by atoms with Crippen LogP contribution in [0.5, 0.6) is 0 Å². The molecule has 1 amide bonds. The van der Waals surface area contributed by atoms with Crippen molar-refractivity contribution in [1.82, 2.24) is 0 Å². The molecule has 1 atom stereocenters. The number of fused-ring (bicyclic) bond motifs is 1. The van der Waals surface area contributed by atoms with Crippen LogP contribution in [0, 0.1) is 12.7 Å². The van der Waals surface area contributed by atoms with E-state index in [0.29, 0.717) is 11.3 Å². The number of hydrogen-bond acceptors (Lipinski definition) is 3. The number of carbonyl (C=O) groups excluding carboxylic acids is 2. The molecule has 112 valence electrons. The summed E-state index contributed by atoms with van der Waals surface area (Å²) in [5.74, 6) is -1.96. The fourth-order valence-corrected chi connectivity index (χ4v) is 2.65. The van der Waals surface area contributed by atoms with Gasteiger partial charge in [0.15, 0.2) is 11.4 Å². The predicted octanol–water partition coefficient (Wildman–Crippen LogP) is 2.55. The first-order chi connectivity index (χ1) is 10.4. The zero-order valence-electron chi connectivity index (χ0n) is 11.9. The van der Waals surface area contributed by atoms with Crippen LogP contribution in [-0.2, 0) is 10.4 Å². The van der Waals surface area contributed by atoms with Crippen LogP contribution >= 0.6 is 0 Å². The van der Waals surface area contributed by atoms with Gasteiger partial charge in [0.05, 0.1) is 12.0 Å². The summed E-state index contributed by atoms with van der Waals surface area (Å²) in [6.45, 7) is 1.82. The standard InChI is InChI=1S/C17H14FNO3/c1-10-6-7-14-12(8-10)17(22,16(21)19-14)9-15(20)11-4-2-3-5-13(11)18/h2-8,22H,9H2,1H3,(H,19,21). The molecule has 0 aliphatic carbocycles. The van der Waals surface area contributed by atoms with Gasteiger partial charge >= 0.3 is 0 Å². The molecule has 0 saturated carbocycles. The first-order valence-corrected chi connectivity index (χ1v) is 6.84. The lowest BCUT2D eigenvalue weighted by Crippen LogP contribution is -2.36. The van der Waals surface area contributed by atoms with E-state index in [9.17, 15) is 19.1 Å². The summed E-state index contributed by atoms with van der Waals surface area (Å²) in [6, 6.07) is 10.6. The van der Waals surface area contributed by atoms with Gasteiger partial charge in [0.1, 0.15) is 5.82 Å². The van der Waals surface area contributed by atoms with Crippen LogP contribution in [0.2, 0.25) is 0 Å². The molecule has 1 aliphatic heterocycles. The van der Waals surface area contributed by atoms with Crippen LogP contribution in [0.15, 0.2) is 42.5 Å². The monoisotopic (exact) mass is 299 g/mol. The summed E-state index contributed by atoms with van der Waals surface area (Å²) in [6.07, 6.45) is -0.504. The minimum atomic E-state index is -1.97. The fraction of sp³-hybridized carbons (Fsp3) is 0.176. The number of aliphatic hydroxyl groups is 1. The van der Waals surface area contributed by atoms with E-state index >= 15 is 0 Å². The second-order valence-electron chi connectivity index (χ2n) is 5.44. The molecule has 1 aliphatic rings. The molecule has 0 saturated heterocycles. The average molecular weight is 299 g/mol. The van der Waals surface area contributed by atoms with E-state index in [4.69, 9.17) is 0 Å². The lowest BCUT2D eigenvalue weighted by molar-refractivity contribution is -0.133. The van der Waals surface area contributed by atoms with Crippen LogP contribution in [0.4, 0.5) is 10.1 Å². The molecule has 1 heterocycles. The summed E-state index contributed by atoms with van der Waals surface area (Å²) in [7, 11) is 0. The summed E-state index contributed by atoms with van der Waals surface area (Å²) >= 11 is 0. The molecule has 0 spiro atoms. The maximum Gasteiger partial charge on any atom is 0.261 e. The number of anilines is 1. The Morgan fingerprint density at radius 3 is 2.73 bits per heavy atom. The topological polar surface area (TPSA) is 66.4 Å². The van der Waals surface area contributed by atoms with Crippen LogP contribution in [-0.4, -0.2) is 16.8 Å². The predicted molar refractivity (Wildman–Crippen MR) is 79.1 cm³/mol. The van der Waals surface area contributed by atoms with Gasteiger partial charge in [-0.15, -0.1) is 0 Å². The first kappa shape index (κ1) is 14.4. The molecule has 0 bridgehead atoms. The molecule has 2 aromatic carbocycles. The Bertz CT molecular complexity index is 787. The first-order valence-electron chi connectivity index (χ1n) is 6.84. The van der Waals surface area contributed by atoms with E-state index in [-0.39, 0.29) is 5.56 Å². The van der Waals surface area contributed by atoms with Gasteiger partial charge in [-0.1, -0.05) is 29.8 Å². The summed E-state index contributed by atoms with van der Waals surface area (Å²) in [4.78, 5) is 24.4. The molecule has 0 aromatic heterocycles. The lowest BCUT2D eigenvalue weighted by atomic mass is 9.87. The van der Waals surface area contributed by atoms with Crippen molar-refractivity contribution in [3.8, 4) is 0 Å². The van der Waals surface area contributed by atoms with E-state index in [0.717, 1.165) is 5.56 Å². The summed E-state index contributed by atoms with van der Waals surface area (Å²) in [5.41, 5.74) is -0.431. The number of nitrogens with one attached hydrogen (secondary N) is 1. The molecule has 4 nitrogen and oxygen atoms in total. The molecule has 2 aromatic rings. The SMILES string of the molecule is Cc1ccc2c(c1)C(O)(CC(=O)c1ccccc1F)C(=O)N2. The minimum absolute atomic E-state index is 0.134. The van der Waals surface area contributed by atoms with Gasteiger partial charge in [0, 0.05) is 11.3 Å². The van der Waals surface area contributed by atoms with Gasteiger partial charge in [-0.2, -0.15) is 0 Å². The zero-order chi connectivity index (χ0) is 15.9. The third kappa shape index (κ3) is 2.19. The number of benzene rings is 2. The fourth-order valence-electron chi connectivity index (χ4n) is 2.65. The molecule has 5 heteroatoms. The average Bonchev–Trinajstić information content (AvgIpc) is 2.71. The number of aryl methyl sites for hydroxylation is 1. The highest BCUT2D eigenvalue weighted by Gasteiger charge is 2.47. The quantitative estimate of drug-likeness (QED) is 0.856. The minimum Gasteiger partial charge on any atom is -0.375 e. The van der Waals surface area contributed by atoms with Crippen LogP contribution in [0.1, 0.15) is 27.9 Å². The zero-order valence-corrected chi connectivity index (χ0v) is 11.9. The van der Waals surface area contributed by atoms with E-state index in [2.05, 4.69) is 5.32 Å². The molecule has 3 rings (SSSR count). The normalized spacial score (nSPS) is 19.7. The van der Waals surface area contributed by atoms with Crippen molar-refractivity contribution in [2.75, 3.05) is 5.32 Å². The highest BCUT2D eigenvalue weighted by molar-refractivity contribution is 6.09. The van der Waals surface area contributed by atoms with Crippen LogP contribution in [0.3, 0.4) is 0 Å². The number of carbonyl (C=O) groups is 2. The van der Waals surface area contributed by atoms with Gasteiger partial charge in [-0.05, 0) is 25.1 Å². The van der Waals surface area contributed by atoms with E-state index in [1.54, 1.807) is 18.2 Å². The Kier molecular flexibility index (Phi) is 3.30. The van der Waals surface area contributed by atoms with Crippen molar-refractivity contribution in [2.45, 2.75) is 18.9 Å². The Morgan fingerprint density at radius 2 is 2.00 bits per heavy atom. The Balaban J connectivity index is 1.98. The molecular formula is C17H14FNO3. The molecule has 22 heavy (non-hydrogen) atoms.